The molecule has 0 spiro atoms. The molecule has 2 aromatic carbocycles. The number of aromatic amines is 1. The average molecular weight is 495 g/mol. The van der Waals surface area contributed by atoms with Crippen LogP contribution in [0.2, 0.25) is 0 Å². The molecule has 7 heteroatoms. The fraction of sp³-hybridized carbons (Fsp3) is 0.333. The zero-order valence-electron chi connectivity index (χ0n) is 21.8. The van der Waals surface area contributed by atoms with Gasteiger partial charge < -0.3 is 19.9 Å². The van der Waals surface area contributed by atoms with Gasteiger partial charge in [-0.05, 0) is 73.3 Å². The zero-order chi connectivity index (χ0) is 25.8. The van der Waals surface area contributed by atoms with Gasteiger partial charge in [0, 0.05) is 67.9 Å². The van der Waals surface area contributed by atoms with Crippen molar-refractivity contribution in [3.05, 3.63) is 82.8 Å². The highest BCUT2D eigenvalue weighted by Crippen LogP contribution is 2.31. The summed E-state index contributed by atoms with van der Waals surface area (Å²) in [5.74, 6) is 0.916. The molecule has 7 nitrogen and oxygen atoms in total. The van der Waals surface area contributed by atoms with Crippen LogP contribution < -0.4 is 10.1 Å². The summed E-state index contributed by atoms with van der Waals surface area (Å²) in [5, 5.41) is 14.5. The maximum atomic E-state index is 9.81. The van der Waals surface area contributed by atoms with Crippen molar-refractivity contribution in [2.45, 2.75) is 26.3 Å². The smallest absolute Gasteiger partial charge is 0.122 e. The van der Waals surface area contributed by atoms with E-state index in [9.17, 15) is 5.26 Å². The van der Waals surface area contributed by atoms with Gasteiger partial charge in [-0.25, -0.2) is 0 Å². The van der Waals surface area contributed by atoms with E-state index in [2.05, 4.69) is 81.5 Å². The van der Waals surface area contributed by atoms with Gasteiger partial charge in [0.25, 0.3) is 0 Å². The van der Waals surface area contributed by atoms with Crippen molar-refractivity contribution in [2.75, 3.05) is 45.7 Å². The molecule has 4 aromatic rings. The lowest BCUT2D eigenvalue weighted by molar-refractivity contribution is 0.148. The number of rotatable bonds is 8. The van der Waals surface area contributed by atoms with Gasteiger partial charge in [0.05, 0.1) is 18.4 Å². The number of nitriles is 1. The van der Waals surface area contributed by atoms with Crippen LogP contribution in [0.25, 0.3) is 10.9 Å². The summed E-state index contributed by atoms with van der Waals surface area (Å²) in [6.07, 6.45) is 6.97. The third-order valence-corrected chi connectivity index (χ3v) is 7.43. The number of piperazine rings is 1. The van der Waals surface area contributed by atoms with E-state index in [0.29, 0.717) is 5.56 Å². The monoisotopic (exact) mass is 494 g/mol. The van der Waals surface area contributed by atoms with Crippen LogP contribution in [0.1, 0.15) is 27.8 Å². The van der Waals surface area contributed by atoms with E-state index in [1.54, 1.807) is 13.3 Å². The van der Waals surface area contributed by atoms with Gasteiger partial charge in [-0.15, -0.1) is 0 Å². The molecule has 1 aliphatic heterocycles. The largest absolute Gasteiger partial charge is 0.496 e. The highest BCUT2D eigenvalue weighted by molar-refractivity contribution is 5.89. The van der Waals surface area contributed by atoms with E-state index in [-0.39, 0.29) is 0 Å². The Morgan fingerprint density at radius 2 is 1.86 bits per heavy atom. The number of fused-ring (bicyclic) bond motifs is 1. The Kier molecular flexibility index (Phi) is 7.40. The number of likely N-dealkylation sites (N-methyl/N-ethyl adjacent to an activating group) is 1. The molecule has 0 saturated carbocycles. The second kappa shape index (κ2) is 11.0. The van der Waals surface area contributed by atoms with E-state index in [4.69, 9.17) is 4.74 Å². The lowest BCUT2D eigenvalue weighted by atomic mass is 10.00. The summed E-state index contributed by atoms with van der Waals surface area (Å²) in [6.45, 7) is 7.45. The Bertz CT molecular complexity index is 1430. The molecule has 1 fully saturated rings. The molecule has 1 saturated heterocycles. The van der Waals surface area contributed by atoms with Crippen LogP contribution in [-0.4, -0.2) is 60.1 Å². The minimum atomic E-state index is 0.542. The molecule has 190 valence electrons. The quantitative estimate of drug-likeness (QED) is 0.358. The first kappa shape index (κ1) is 24.8. The van der Waals surface area contributed by atoms with Crippen LogP contribution in [0.5, 0.6) is 5.75 Å². The Hall–Kier alpha value is -3.86. The number of ether oxygens (including phenoxy) is 1. The fourth-order valence-corrected chi connectivity index (χ4v) is 5.11. The maximum Gasteiger partial charge on any atom is 0.122 e. The molecular weight excluding hydrogens is 460 g/mol. The molecule has 0 amide bonds. The van der Waals surface area contributed by atoms with Crippen LogP contribution in [0.3, 0.4) is 0 Å². The van der Waals surface area contributed by atoms with Crippen molar-refractivity contribution < 1.29 is 4.74 Å². The number of aromatic nitrogens is 2. The number of benzene rings is 2. The Labute approximate surface area is 218 Å². The highest BCUT2D eigenvalue weighted by Gasteiger charge is 2.16. The molecule has 1 aliphatic rings. The zero-order valence-corrected chi connectivity index (χ0v) is 21.8. The van der Waals surface area contributed by atoms with Crippen molar-refractivity contribution in [3.63, 3.8) is 0 Å². The van der Waals surface area contributed by atoms with Gasteiger partial charge in [0.2, 0.25) is 0 Å². The summed E-state index contributed by atoms with van der Waals surface area (Å²) in [7, 11) is 3.92. The Morgan fingerprint density at radius 3 is 2.65 bits per heavy atom. The van der Waals surface area contributed by atoms with E-state index < -0.39 is 0 Å². The first-order valence-electron chi connectivity index (χ1n) is 12.8. The normalized spacial score (nSPS) is 14.5. The van der Waals surface area contributed by atoms with Crippen molar-refractivity contribution >= 4 is 22.3 Å². The lowest BCUT2D eigenvalue weighted by Gasteiger charge is -2.32. The summed E-state index contributed by atoms with van der Waals surface area (Å²) in [6, 6.07) is 15.1. The number of pyridine rings is 1. The summed E-state index contributed by atoms with van der Waals surface area (Å²) < 4.78 is 5.79. The first-order valence-corrected chi connectivity index (χ1v) is 12.8. The van der Waals surface area contributed by atoms with Gasteiger partial charge in [0.1, 0.15) is 11.8 Å². The van der Waals surface area contributed by atoms with Gasteiger partial charge in [0.15, 0.2) is 0 Å². The lowest BCUT2D eigenvalue weighted by Crippen LogP contribution is -2.43. The van der Waals surface area contributed by atoms with Crippen LogP contribution in [0.15, 0.2) is 55.0 Å². The second-order valence-corrected chi connectivity index (χ2v) is 9.86. The number of hydrogen-bond acceptors (Lipinski definition) is 6. The number of aryl methyl sites for hydroxylation is 3. The number of nitrogens with zero attached hydrogens (tertiary/aromatic N) is 4. The summed E-state index contributed by atoms with van der Waals surface area (Å²) in [5.41, 5.74) is 8.03. The molecule has 0 aliphatic carbocycles. The Morgan fingerprint density at radius 1 is 1.05 bits per heavy atom. The molecule has 5 rings (SSSR count). The second-order valence-electron chi connectivity index (χ2n) is 9.86. The Balaban J connectivity index is 1.34. The highest BCUT2D eigenvalue weighted by atomic mass is 16.5. The number of nitrogens with one attached hydrogen (secondary N) is 2. The SMILES string of the molecule is COc1cc(CN2CCN(C)CC2)ccc1CCc1cncc(C#N)c1Nc1ccc2[nH]ccc2c1C. The number of H-pyrrole nitrogens is 1. The van der Waals surface area contributed by atoms with Crippen molar-refractivity contribution in [2.24, 2.45) is 0 Å². The maximum absolute atomic E-state index is 9.81. The topological polar surface area (TPSA) is 80.2 Å². The van der Waals surface area contributed by atoms with Gasteiger partial charge in [-0.2, -0.15) is 5.26 Å². The minimum Gasteiger partial charge on any atom is -0.496 e. The van der Waals surface area contributed by atoms with Crippen molar-refractivity contribution in [1.82, 2.24) is 19.8 Å². The van der Waals surface area contributed by atoms with Crippen LogP contribution >= 0.6 is 0 Å². The average Bonchev–Trinajstić information content (AvgIpc) is 3.41. The van der Waals surface area contributed by atoms with Crippen LogP contribution in [-0.2, 0) is 19.4 Å². The fourth-order valence-electron chi connectivity index (χ4n) is 5.11. The van der Waals surface area contributed by atoms with Crippen molar-refractivity contribution in [3.8, 4) is 11.8 Å². The van der Waals surface area contributed by atoms with Gasteiger partial charge in [-0.1, -0.05) is 12.1 Å². The van der Waals surface area contributed by atoms with Gasteiger partial charge >= 0.3 is 0 Å². The molecule has 0 atom stereocenters. The molecule has 2 N–H and O–H groups in total. The molecule has 0 unspecified atom stereocenters. The molecule has 2 aromatic heterocycles. The van der Waals surface area contributed by atoms with Gasteiger partial charge in [-0.3, -0.25) is 9.88 Å². The number of hydrogen-bond donors (Lipinski definition) is 2. The van der Waals surface area contributed by atoms with Crippen molar-refractivity contribution in [1.29, 1.82) is 5.26 Å². The molecule has 37 heavy (non-hydrogen) atoms. The molecule has 0 bridgehead atoms. The minimum absolute atomic E-state index is 0.542. The predicted octanol–water partition coefficient (Wildman–Crippen LogP) is 5.03. The van der Waals surface area contributed by atoms with E-state index >= 15 is 0 Å². The third-order valence-electron chi connectivity index (χ3n) is 7.43. The number of anilines is 2. The van der Waals surface area contributed by atoms with E-state index in [0.717, 1.165) is 84.9 Å². The summed E-state index contributed by atoms with van der Waals surface area (Å²) >= 11 is 0. The van der Waals surface area contributed by atoms with E-state index in [1.807, 2.05) is 12.4 Å². The predicted molar refractivity (Wildman–Crippen MR) is 148 cm³/mol. The van der Waals surface area contributed by atoms with E-state index in [1.165, 1.54) is 10.9 Å². The van der Waals surface area contributed by atoms with Crippen LogP contribution in [0.4, 0.5) is 11.4 Å². The molecule has 3 heterocycles. The first-order chi connectivity index (χ1) is 18.1. The molecule has 0 radical (unpaired) electrons. The third kappa shape index (κ3) is 5.46. The standard InChI is InChI=1S/C30H34N6O/c1-21-26-10-11-33-28(26)9-8-27(21)34-30-24(18-32-19-25(30)17-31)7-6-23-5-4-22(16-29(23)37-3)20-36-14-12-35(2)13-15-36/h4-5,8-11,16,18-19,33H,6-7,12-15,20H2,1-3H3,(H,32,34). The van der Waals surface area contributed by atoms with Crippen LogP contribution in [0, 0.1) is 18.3 Å². The summed E-state index contributed by atoms with van der Waals surface area (Å²) in [4.78, 5) is 12.5. The molecular formula is C30H34N6O. The number of methoxy groups -OCH3 is 1.